The van der Waals surface area contributed by atoms with Crippen LogP contribution in [0.2, 0.25) is 0 Å². The van der Waals surface area contributed by atoms with E-state index < -0.39 is 0 Å². The summed E-state index contributed by atoms with van der Waals surface area (Å²) in [5.74, 6) is 1.97. The first kappa shape index (κ1) is 17.9. The van der Waals surface area contributed by atoms with Crippen LogP contribution in [0.3, 0.4) is 0 Å². The molecule has 1 fully saturated rings. The Hall–Kier alpha value is -2.47. The normalized spacial score (nSPS) is 16.1. The van der Waals surface area contributed by atoms with Crippen LogP contribution < -0.4 is 0 Å². The lowest BCUT2D eigenvalue weighted by Gasteiger charge is -2.29. The van der Waals surface area contributed by atoms with Crippen LogP contribution in [0.25, 0.3) is 0 Å². The smallest absolute Gasteiger partial charge is 0.151 e. The zero-order chi connectivity index (χ0) is 18.6. The quantitative estimate of drug-likeness (QED) is 0.675. The van der Waals surface area contributed by atoms with Crippen molar-refractivity contribution in [3.05, 3.63) is 65.5 Å². The van der Waals surface area contributed by atoms with Gasteiger partial charge in [0, 0.05) is 12.6 Å². The Morgan fingerprint density at radius 1 is 1.00 bits per heavy atom. The average Bonchev–Trinajstić information content (AvgIpc) is 3.28. The van der Waals surface area contributed by atoms with Gasteiger partial charge in [0.2, 0.25) is 0 Å². The molecule has 1 aromatic carbocycles. The summed E-state index contributed by atoms with van der Waals surface area (Å²) in [4.78, 5) is 7.29. The molecule has 0 atom stereocenters. The monoisotopic (exact) mass is 364 g/mol. The van der Waals surface area contributed by atoms with Gasteiger partial charge in [0.25, 0.3) is 0 Å². The van der Waals surface area contributed by atoms with E-state index in [1.165, 1.54) is 5.56 Å². The highest BCUT2D eigenvalue weighted by atomic mass is 15.4. The Bertz CT molecular complexity index is 858. The van der Waals surface area contributed by atoms with Crippen LogP contribution in [0, 0.1) is 6.92 Å². The number of piperidine rings is 1. The van der Waals surface area contributed by atoms with Crippen molar-refractivity contribution in [3.63, 3.8) is 0 Å². The Kier molecular flexibility index (Phi) is 5.34. The van der Waals surface area contributed by atoms with Crippen LogP contribution in [0.5, 0.6) is 0 Å². The van der Waals surface area contributed by atoms with Crippen molar-refractivity contribution in [3.8, 4) is 0 Å². The fraction of sp³-hybridized carbons (Fsp3) is 0.476. The number of hydrogen-bond donors (Lipinski definition) is 0. The lowest BCUT2D eigenvalue weighted by atomic mass is 10.1. The molecule has 142 valence electrons. The molecule has 0 saturated carbocycles. The first-order valence-corrected chi connectivity index (χ1v) is 9.84. The van der Waals surface area contributed by atoms with Gasteiger partial charge < -0.3 is 4.90 Å². The molecule has 3 heterocycles. The Balaban J connectivity index is 1.54. The van der Waals surface area contributed by atoms with E-state index in [4.69, 9.17) is 10.1 Å². The number of aryl methyl sites for hydroxylation is 3. The number of nitrogens with zero attached hydrogens (tertiary/aromatic N) is 6. The summed E-state index contributed by atoms with van der Waals surface area (Å²) in [5, 5.41) is 9.46. The zero-order valence-electron chi connectivity index (χ0n) is 16.3. The lowest BCUT2D eigenvalue weighted by molar-refractivity contribution is 0.208. The van der Waals surface area contributed by atoms with Crippen molar-refractivity contribution >= 4 is 0 Å². The van der Waals surface area contributed by atoms with Gasteiger partial charge in [-0.15, -0.1) is 0 Å². The van der Waals surface area contributed by atoms with Crippen molar-refractivity contribution < 1.29 is 0 Å². The fourth-order valence-corrected chi connectivity index (χ4v) is 3.75. The zero-order valence-corrected chi connectivity index (χ0v) is 16.3. The molecule has 1 aliphatic heterocycles. The van der Waals surface area contributed by atoms with E-state index in [2.05, 4.69) is 52.1 Å². The van der Waals surface area contributed by atoms with Gasteiger partial charge in [0.05, 0.1) is 11.7 Å². The highest BCUT2D eigenvalue weighted by molar-refractivity contribution is 5.15. The molecule has 3 aromatic rings. The van der Waals surface area contributed by atoms with Gasteiger partial charge in [0.15, 0.2) is 5.82 Å². The highest BCUT2D eigenvalue weighted by Gasteiger charge is 2.23. The molecule has 1 aliphatic rings. The third-order valence-corrected chi connectivity index (χ3v) is 5.34. The fourth-order valence-electron chi connectivity index (χ4n) is 3.75. The van der Waals surface area contributed by atoms with Crippen LogP contribution in [0.1, 0.15) is 41.8 Å². The molecule has 6 heteroatoms. The molecular weight excluding hydrogens is 336 g/mol. The van der Waals surface area contributed by atoms with E-state index in [1.54, 1.807) is 0 Å². The topological polar surface area (TPSA) is 51.8 Å². The van der Waals surface area contributed by atoms with Crippen LogP contribution in [-0.2, 0) is 19.4 Å². The summed E-state index contributed by atoms with van der Waals surface area (Å²) in [6.45, 7) is 4.93. The first-order valence-electron chi connectivity index (χ1n) is 9.84. The van der Waals surface area contributed by atoms with Gasteiger partial charge in [-0.05, 0) is 58.0 Å². The van der Waals surface area contributed by atoms with E-state index in [-0.39, 0.29) is 0 Å². The maximum absolute atomic E-state index is 4.92. The molecule has 0 radical (unpaired) electrons. The Morgan fingerprint density at radius 2 is 1.78 bits per heavy atom. The second-order valence-corrected chi connectivity index (χ2v) is 7.56. The molecule has 0 unspecified atom stereocenters. The van der Waals surface area contributed by atoms with Crippen molar-refractivity contribution in [1.29, 1.82) is 0 Å². The molecule has 1 saturated heterocycles. The van der Waals surface area contributed by atoms with Crippen LogP contribution in [0.15, 0.2) is 42.6 Å². The number of benzene rings is 1. The van der Waals surface area contributed by atoms with Crippen molar-refractivity contribution in [2.75, 3.05) is 20.1 Å². The van der Waals surface area contributed by atoms with Gasteiger partial charge in [0.1, 0.15) is 12.4 Å². The van der Waals surface area contributed by atoms with E-state index in [0.717, 1.165) is 56.1 Å². The predicted molar refractivity (Wildman–Crippen MR) is 106 cm³/mol. The van der Waals surface area contributed by atoms with Gasteiger partial charge in [-0.1, -0.05) is 30.3 Å². The van der Waals surface area contributed by atoms with Gasteiger partial charge >= 0.3 is 0 Å². The highest BCUT2D eigenvalue weighted by Crippen LogP contribution is 2.23. The lowest BCUT2D eigenvalue weighted by Crippen LogP contribution is -2.32. The minimum Gasteiger partial charge on any atom is -0.306 e. The SMILES string of the molecule is Cc1ccn(Cc2nc(CCc3ccccc3)nn2C2CCN(C)CC2)n1. The third kappa shape index (κ3) is 4.45. The van der Waals surface area contributed by atoms with Gasteiger partial charge in [-0.3, -0.25) is 4.68 Å². The van der Waals surface area contributed by atoms with Crippen LogP contribution in [0.4, 0.5) is 0 Å². The minimum atomic E-state index is 0.436. The van der Waals surface area contributed by atoms with E-state index in [9.17, 15) is 0 Å². The van der Waals surface area contributed by atoms with Crippen molar-refractivity contribution in [1.82, 2.24) is 29.4 Å². The number of hydrogen-bond acceptors (Lipinski definition) is 4. The van der Waals surface area contributed by atoms with E-state index >= 15 is 0 Å². The second-order valence-electron chi connectivity index (χ2n) is 7.56. The summed E-state index contributed by atoms with van der Waals surface area (Å²) >= 11 is 0. The molecule has 0 spiro atoms. The molecule has 0 N–H and O–H groups in total. The molecule has 0 amide bonds. The Morgan fingerprint density at radius 3 is 2.48 bits per heavy atom. The molecule has 4 rings (SSSR count). The molecule has 6 nitrogen and oxygen atoms in total. The number of aromatic nitrogens is 5. The summed E-state index contributed by atoms with van der Waals surface area (Å²) in [6, 6.07) is 13.0. The second kappa shape index (κ2) is 8.05. The van der Waals surface area contributed by atoms with Crippen LogP contribution in [-0.4, -0.2) is 49.6 Å². The van der Waals surface area contributed by atoms with Crippen LogP contribution >= 0.6 is 0 Å². The summed E-state index contributed by atoms with van der Waals surface area (Å²) in [6.07, 6.45) is 6.12. The number of rotatable bonds is 6. The minimum absolute atomic E-state index is 0.436. The maximum Gasteiger partial charge on any atom is 0.151 e. The largest absolute Gasteiger partial charge is 0.306 e. The standard InChI is InChI=1S/C21H28N6/c1-17-10-15-26(23-17)16-21-22-20(9-8-18-6-4-3-5-7-18)24-27(21)19-11-13-25(2)14-12-19/h3-7,10,15,19H,8-9,11-14,16H2,1-2H3. The number of likely N-dealkylation sites (tertiary alicyclic amines) is 1. The van der Waals surface area contributed by atoms with Gasteiger partial charge in [-0.2, -0.15) is 10.2 Å². The summed E-state index contributed by atoms with van der Waals surface area (Å²) in [7, 11) is 2.19. The molecule has 0 aliphatic carbocycles. The van der Waals surface area contributed by atoms with E-state index in [0.29, 0.717) is 12.6 Å². The summed E-state index contributed by atoms with van der Waals surface area (Å²) in [5.41, 5.74) is 2.36. The van der Waals surface area contributed by atoms with Crippen molar-refractivity contribution in [2.24, 2.45) is 0 Å². The average molecular weight is 364 g/mol. The molecule has 0 bridgehead atoms. The maximum atomic E-state index is 4.92. The Labute approximate surface area is 160 Å². The molecule has 2 aromatic heterocycles. The summed E-state index contributed by atoms with van der Waals surface area (Å²) < 4.78 is 4.15. The molecule has 27 heavy (non-hydrogen) atoms. The van der Waals surface area contributed by atoms with Gasteiger partial charge in [-0.25, -0.2) is 9.67 Å². The van der Waals surface area contributed by atoms with E-state index in [1.807, 2.05) is 23.9 Å². The first-order chi connectivity index (χ1) is 13.2. The van der Waals surface area contributed by atoms with Crippen molar-refractivity contribution in [2.45, 2.75) is 45.2 Å². The molecular formula is C21H28N6. The third-order valence-electron chi connectivity index (χ3n) is 5.34. The predicted octanol–water partition coefficient (Wildman–Crippen LogP) is 2.88.